The van der Waals surface area contributed by atoms with E-state index in [-0.39, 0.29) is 20.3 Å². The molecule has 2 N–H and O–H groups in total. The van der Waals surface area contributed by atoms with Gasteiger partial charge in [0.2, 0.25) is 0 Å². The van der Waals surface area contributed by atoms with Crippen molar-refractivity contribution in [2.45, 2.75) is 12.2 Å². The lowest BCUT2D eigenvalue weighted by Gasteiger charge is -2.36. The summed E-state index contributed by atoms with van der Waals surface area (Å²) < 4.78 is 40.7. The van der Waals surface area contributed by atoms with E-state index in [1.54, 1.807) is 0 Å². The van der Waals surface area contributed by atoms with Crippen LogP contribution in [0, 0.1) is 0 Å². The summed E-state index contributed by atoms with van der Waals surface area (Å²) in [5.41, 5.74) is 0.107. The van der Waals surface area contributed by atoms with E-state index in [0.29, 0.717) is 26.2 Å². The minimum atomic E-state index is -4.37. The quantitative estimate of drug-likeness (QED) is 0.773. The Bertz CT molecular complexity index is 467. The van der Waals surface area contributed by atoms with Crippen LogP contribution in [0.5, 0.6) is 5.75 Å². The first-order valence-electron chi connectivity index (χ1n) is 6.00. The van der Waals surface area contributed by atoms with Crippen LogP contribution in [-0.2, 0) is 0 Å². The van der Waals surface area contributed by atoms with Gasteiger partial charge in [0, 0.05) is 26.2 Å². The van der Waals surface area contributed by atoms with Gasteiger partial charge in [-0.1, -0.05) is 0 Å². The Kier molecular flexibility index (Phi) is 4.99. The third-order valence-electron chi connectivity index (χ3n) is 3.18. The fourth-order valence-corrected chi connectivity index (χ4v) is 3.51. The zero-order chi connectivity index (χ0) is 14.9. The van der Waals surface area contributed by atoms with Crippen molar-refractivity contribution in [1.29, 1.82) is 0 Å². The van der Waals surface area contributed by atoms with Crippen LogP contribution < -0.4 is 5.32 Å². The van der Waals surface area contributed by atoms with Crippen molar-refractivity contribution in [1.82, 2.24) is 10.2 Å². The van der Waals surface area contributed by atoms with Gasteiger partial charge in [0.25, 0.3) is 0 Å². The molecule has 112 valence electrons. The van der Waals surface area contributed by atoms with Crippen LogP contribution in [0.4, 0.5) is 13.2 Å². The van der Waals surface area contributed by atoms with Crippen LogP contribution in [-0.4, -0.2) is 42.4 Å². The van der Waals surface area contributed by atoms with Gasteiger partial charge in [-0.15, -0.1) is 0 Å². The smallest absolute Gasteiger partial charge is 0.408 e. The number of phenolic OH excluding ortho intramolecular Hbond substituents is 1. The number of phenols is 1. The number of piperazine rings is 1. The van der Waals surface area contributed by atoms with E-state index in [9.17, 15) is 18.3 Å². The fourth-order valence-electron chi connectivity index (χ4n) is 2.29. The molecule has 1 aromatic rings. The van der Waals surface area contributed by atoms with E-state index in [0.717, 1.165) is 0 Å². The highest BCUT2D eigenvalue weighted by molar-refractivity contribution is 9.11. The average molecular weight is 418 g/mol. The van der Waals surface area contributed by atoms with Crippen LogP contribution >= 0.6 is 31.9 Å². The maximum atomic E-state index is 13.4. The Labute approximate surface area is 131 Å². The summed E-state index contributed by atoms with van der Waals surface area (Å²) >= 11 is 6.16. The van der Waals surface area contributed by atoms with Crippen molar-refractivity contribution in [2.24, 2.45) is 0 Å². The zero-order valence-corrected chi connectivity index (χ0v) is 13.5. The molecule has 0 aliphatic carbocycles. The lowest BCUT2D eigenvalue weighted by Crippen LogP contribution is -2.49. The summed E-state index contributed by atoms with van der Waals surface area (Å²) in [6.45, 7) is 1.74. The molecule has 0 unspecified atom stereocenters. The summed E-state index contributed by atoms with van der Waals surface area (Å²) in [4.78, 5) is 1.40. The van der Waals surface area contributed by atoms with Crippen LogP contribution in [0.3, 0.4) is 0 Å². The number of hydrogen-bond donors (Lipinski definition) is 2. The molecule has 1 aromatic carbocycles. The average Bonchev–Trinajstić information content (AvgIpc) is 2.35. The highest BCUT2D eigenvalue weighted by Crippen LogP contribution is 2.42. The predicted molar refractivity (Wildman–Crippen MR) is 76.7 cm³/mol. The lowest BCUT2D eigenvalue weighted by molar-refractivity contribution is -0.187. The topological polar surface area (TPSA) is 35.5 Å². The molecule has 1 aliphatic rings. The molecule has 1 atom stereocenters. The maximum absolute atomic E-state index is 13.4. The molecular formula is C12H13Br2F3N2O. The number of alkyl halides is 3. The molecule has 8 heteroatoms. The summed E-state index contributed by atoms with van der Waals surface area (Å²) in [5, 5.41) is 12.7. The van der Waals surface area contributed by atoms with Gasteiger partial charge in [-0.3, -0.25) is 4.90 Å². The number of hydrogen-bond acceptors (Lipinski definition) is 3. The van der Waals surface area contributed by atoms with Crippen molar-refractivity contribution in [2.75, 3.05) is 26.2 Å². The normalized spacial score (nSPS) is 19.1. The number of aromatic hydroxyl groups is 1. The first-order valence-corrected chi connectivity index (χ1v) is 7.58. The van der Waals surface area contributed by atoms with E-state index in [4.69, 9.17) is 0 Å². The fraction of sp³-hybridized carbons (Fsp3) is 0.500. The number of nitrogens with one attached hydrogen (secondary N) is 1. The monoisotopic (exact) mass is 416 g/mol. The Hall–Kier alpha value is -0.310. The molecule has 0 bridgehead atoms. The van der Waals surface area contributed by atoms with E-state index in [2.05, 4.69) is 37.2 Å². The Morgan fingerprint density at radius 2 is 1.65 bits per heavy atom. The summed E-state index contributed by atoms with van der Waals surface area (Å²) in [6.07, 6.45) is -4.37. The third-order valence-corrected chi connectivity index (χ3v) is 4.39. The van der Waals surface area contributed by atoms with Crippen molar-refractivity contribution < 1.29 is 18.3 Å². The molecule has 0 spiro atoms. The van der Waals surface area contributed by atoms with Gasteiger partial charge < -0.3 is 10.4 Å². The first-order chi connectivity index (χ1) is 9.30. The standard InChI is InChI=1S/C12H13Br2F3N2O/c13-8-5-7(6-9(14)10(8)20)11(12(15,16)17)19-3-1-18-2-4-19/h5-6,11,18,20H,1-4H2/t11-/m1/s1. The van der Waals surface area contributed by atoms with Crippen molar-refractivity contribution >= 4 is 31.9 Å². The number of halogens is 5. The molecule has 0 aromatic heterocycles. The van der Waals surface area contributed by atoms with Gasteiger partial charge in [-0.05, 0) is 49.6 Å². The van der Waals surface area contributed by atoms with Crippen LogP contribution in [0.15, 0.2) is 21.1 Å². The minimum absolute atomic E-state index is 0.102. The van der Waals surface area contributed by atoms with E-state index < -0.39 is 12.2 Å². The third kappa shape index (κ3) is 3.47. The van der Waals surface area contributed by atoms with Crippen LogP contribution in [0.1, 0.15) is 11.6 Å². The second kappa shape index (κ2) is 6.21. The molecule has 0 amide bonds. The molecule has 20 heavy (non-hydrogen) atoms. The molecule has 3 nitrogen and oxygen atoms in total. The summed E-state index contributed by atoms with van der Waals surface area (Å²) in [6, 6.07) is 0.971. The van der Waals surface area contributed by atoms with Gasteiger partial charge >= 0.3 is 6.18 Å². The van der Waals surface area contributed by atoms with Gasteiger partial charge in [0.1, 0.15) is 11.8 Å². The van der Waals surface area contributed by atoms with Crippen LogP contribution in [0.2, 0.25) is 0 Å². The first kappa shape index (κ1) is 16.1. The van der Waals surface area contributed by atoms with Gasteiger partial charge in [0.15, 0.2) is 0 Å². The molecule has 0 radical (unpaired) electrons. The van der Waals surface area contributed by atoms with E-state index >= 15 is 0 Å². The molecule has 0 saturated carbocycles. The maximum Gasteiger partial charge on any atom is 0.408 e. The molecule has 2 rings (SSSR count). The van der Waals surface area contributed by atoms with Gasteiger partial charge in [0.05, 0.1) is 8.95 Å². The number of nitrogens with zero attached hydrogens (tertiary/aromatic N) is 1. The highest BCUT2D eigenvalue weighted by atomic mass is 79.9. The van der Waals surface area contributed by atoms with Crippen molar-refractivity contribution in [3.63, 3.8) is 0 Å². The number of benzene rings is 1. The second-order valence-electron chi connectivity index (χ2n) is 4.56. The van der Waals surface area contributed by atoms with E-state index in [1.165, 1.54) is 17.0 Å². The largest absolute Gasteiger partial charge is 0.506 e. The van der Waals surface area contributed by atoms with Crippen molar-refractivity contribution in [3.05, 3.63) is 26.6 Å². The van der Waals surface area contributed by atoms with Crippen molar-refractivity contribution in [3.8, 4) is 5.75 Å². The molecule has 1 heterocycles. The molecule has 1 aliphatic heterocycles. The van der Waals surface area contributed by atoms with Gasteiger partial charge in [-0.2, -0.15) is 13.2 Å². The predicted octanol–water partition coefficient (Wildman–Crippen LogP) is 3.43. The summed E-state index contributed by atoms with van der Waals surface area (Å²) in [7, 11) is 0. The van der Waals surface area contributed by atoms with E-state index in [1.807, 2.05) is 0 Å². The molecular weight excluding hydrogens is 405 g/mol. The minimum Gasteiger partial charge on any atom is -0.506 e. The zero-order valence-electron chi connectivity index (χ0n) is 10.3. The molecule has 1 fully saturated rings. The second-order valence-corrected chi connectivity index (χ2v) is 6.27. The number of rotatable bonds is 2. The van der Waals surface area contributed by atoms with Gasteiger partial charge in [-0.25, -0.2) is 0 Å². The van der Waals surface area contributed by atoms with Crippen LogP contribution in [0.25, 0.3) is 0 Å². The Morgan fingerprint density at radius 1 is 1.15 bits per heavy atom. The SMILES string of the molecule is Oc1c(Br)cc([C@@H](N2CCNCC2)C(F)(F)F)cc1Br. The Balaban J connectivity index is 2.41. The molecule has 1 saturated heterocycles. The lowest BCUT2D eigenvalue weighted by atomic mass is 10.0. The summed E-state index contributed by atoms with van der Waals surface area (Å²) in [5.74, 6) is -0.102. The highest BCUT2D eigenvalue weighted by Gasteiger charge is 2.45. The Morgan fingerprint density at radius 3 is 2.10 bits per heavy atom.